The zero-order valence-corrected chi connectivity index (χ0v) is 12.1. The molecule has 0 saturated heterocycles. The summed E-state index contributed by atoms with van der Waals surface area (Å²) >= 11 is 0. The quantitative estimate of drug-likeness (QED) is 0.905. The molecule has 0 amide bonds. The number of benzene rings is 1. The topological polar surface area (TPSA) is 90.5 Å². The molecule has 2 heterocycles. The first kappa shape index (κ1) is 13.7. The monoisotopic (exact) mass is 306 g/mol. The van der Waals surface area contributed by atoms with Crippen LogP contribution in [0.25, 0.3) is 0 Å². The number of aromatic nitrogens is 1. The number of sulfonamides is 1. The van der Waals surface area contributed by atoms with Crippen molar-refractivity contribution in [1.29, 1.82) is 0 Å². The molecule has 0 aliphatic carbocycles. The van der Waals surface area contributed by atoms with Crippen molar-refractivity contribution in [3.63, 3.8) is 0 Å². The molecule has 0 bridgehead atoms. The number of nitrogens with zero attached hydrogens (tertiary/aromatic N) is 1. The fraction of sp³-hybridized carbons (Fsp3) is 0.214. The maximum atomic E-state index is 12.8. The van der Waals surface area contributed by atoms with E-state index in [2.05, 4.69) is 4.98 Å². The second-order valence-corrected chi connectivity index (χ2v) is 6.85. The SMILES string of the molecule is C[C@H]1Cc2ccccc2N1S(=O)(=O)c1c[nH]c(C(=O)O)c1. The molecule has 110 valence electrons. The van der Waals surface area contributed by atoms with Crippen LogP contribution in [0.15, 0.2) is 41.4 Å². The predicted molar refractivity (Wildman–Crippen MR) is 77.0 cm³/mol. The largest absolute Gasteiger partial charge is 0.477 e. The Hall–Kier alpha value is -2.28. The normalized spacial score (nSPS) is 17.8. The van der Waals surface area contributed by atoms with E-state index in [9.17, 15) is 13.2 Å². The lowest BCUT2D eigenvalue weighted by molar-refractivity contribution is 0.0691. The minimum atomic E-state index is -3.78. The van der Waals surface area contributed by atoms with Crippen molar-refractivity contribution < 1.29 is 18.3 Å². The molecule has 0 saturated carbocycles. The first-order valence-electron chi connectivity index (χ1n) is 6.45. The smallest absolute Gasteiger partial charge is 0.352 e. The predicted octanol–water partition coefficient (Wildman–Crippen LogP) is 1.85. The Bertz CT molecular complexity index is 810. The molecule has 1 atom stereocenters. The number of carboxylic acid groups (broad SMARTS) is 1. The van der Waals surface area contributed by atoms with Gasteiger partial charge in [-0.05, 0) is 31.0 Å². The number of carbonyl (C=O) groups is 1. The van der Waals surface area contributed by atoms with Crippen LogP contribution < -0.4 is 4.31 Å². The first-order chi connectivity index (χ1) is 9.91. The van der Waals surface area contributed by atoms with Crippen molar-refractivity contribution in [3.8, 4) is 0 Å². The fourth-order valence-corrected chi connectivity index (χ4v) is 4.35. The molecule has 1 aromatic heterocycles. The van der Waals surface area contributed by atoms with Crippen LogP contribution in [0.2, 0.25) is 0 Å². The number of H-pyrrole nitrogens is 1. The second-order valence-electron chi connectivity index (χ2n) is 5.04. The van der Waals surface area contributed by atoms with Crippen LogP contribution in [-0.4, -0.2) is 30.5 Å². The summed E-state index contributed by atoms with van der Waals surface area (Å²) in [5, 5.41) is 8.90. The number of rotatable bonds is 3. The summed E-state index contributed by atoms with van der Waals surface area (Å²) in [6, 6.07) is 8.28. The summed E-state index contributed by atoms with van der Waals surface area (Å²) < 4.78 is 26.9. The van der Waals surface area contributed by atoms with E-state index in [4.69, 9.17) is 5.11 Å². The van der Waals surface area contributed by atoms with Crippen molar-refractivity contribution in [2.24, 2.45) is 0 Å². The Labute approximate surface area is 122 Å². The number of fused-ring (bicyclic) bond motifs is 1. The van der Waals surface area contributed by atoms with E-state index in [1.54, 1.807) is 12.1 Å². The molecule has 2 N–H and O–H groups in total. The van der Waals surface area contributed by atoms with Crippen molar-refractivity contribution >= 4 is 21.7 Å². The number of nitrogens with one attached hydrogen (secondary N) is 1. The minimum Gasteiger partial charge on any atom is -0.477 e. The van der Waals surface area contributed by atoms with Gasteiger partial charge < -0.3 is 10.1 Å². The van der Waals surface area contributed by atoms with Crippen molar-refractivity contribution in [1.82, 2.24) is 4.98 Å². The van der Waals surface area contributed by atoms with Gasteiger partial charge in [0.15, 0.2) is 0 Å². The fourth-order valence-electron chi connectivity index (χ4n) is 2.66. The Morgan fingerprint density at radius 2 is 2.10 bits per heavy atom. The van der Waals surface area contributed by atoms with E-state index in [1.165, 1.54) is 10.5 Å². The molecule has 1 aromatic carbocycles. The molecule has 0 unspecified atom stereocenters. The summed E-state index contributed by atoms with van der Waals surface area (Å²) in [7, 11) is -3.78. The minimum absolute atomic E-state index is 0.0385. The van der Waals surface area contributed by atoms with E-state index in [1.807, 2.05) is 19.1 Å². The molecule has 21 heavy (non-hydrogen) atoms. The van der Waals surface area contributed by atoms with Gasteiger partial charge in [0.2, 0.25) is 0 Å². The van der Waals surface area contributed by atoms with Crippen molar-refractivity contribution in [2.45, 2.75) is 24.3 Å². The number of hydrogen-bond acceptors (Lipinski definition) is 3. The molecule has 2 aromatic rings. The van der Waals surface area contributed by atoms with Crippen LogP contribution in [0.4, 0.5) is 5.69 Å². The van der Waals surface area contributed by atoms with Gasteiger partial charge in [-0.1, -0.05) is 18.2 Å². The van der Waals surface area contributed by atoms with Gasteiger partial charge >= 0.3 is 5.97 Å². The highest BCUT2D eigenvalue weighted by Gasteiger charge is 2.36. The van der Waals surface area contributed by atoms with Gasteiger partial charge in [-0.2, -0.15) is 0 Å². The van der Waals surface area contributed by atoms with Gasteiger partial charge in [0, 0.05) is 12.2 Å². The summed E-state index contributed by atoms with van der Waals surface area (Å²) in [4.78, 5) is 13.3. The zero-order valence-electron chi connectivity index (χ0n) is 11.3. The Morgan fingerprint density at radius 3 is 2.76 bits per heavy atom. The van der Waals surface area contributed by atoms with Gasteiger partial charge in [-0.15, -0.1) is 0 Å². The molecule has 6 nitrogen and oxygen atoms in total. The van der Waals surface area contributed by atoms with E-state index in [0.717, 1.165) is 11.6 Å². The molecule has 0 fully saturated rings. The number of anilines is 1. The first-order valence-corrected chi connectivity index (χ1v) is 7.89. The molecule has 1 aliphatic rings. The molecule has 0 spiro atoms. The number of aromatic amines is 1. The summed E-state index contributed by atoms with van der Waals surface area (Å²) in [6.45, 7) is 1.84. The lowest BCUT2D eigenvalue weighted by atomic mass is 10.1. The number of hydrogen-bond donors (Lipinski definition) is 2. The average molecular weight is 306 g/mol. The van der Waals surface area contributed by atoms with Crippen LogP contribution in [0.1, 0.15) is 23.0 Å². The molecule has 0 radical (unpaired) electrons. The van der Waals surface area contributed by atoms with E-state index < -0.39 is 16.0 Å². The van der Waals surface area contributed by atoms with Gasteiger partial charge in [-0.3, -0.25) is 4.31 Å². The highest BCUT2D eigenvalue weighted by molar-refractivity contribution is 7.92. The second kappa shape index (κ2) is 4.63. The van der Waals surface area contributed by atoms with Crippen molar-refractivity contribution in [2.75, 3.05) is 4.31 Å². The van der Waals surface area contributed by atoms with Gasteiger partial charge in [-0.25, -0.2) is 13.2 Å². The lowest BCUT2D eigenvalue weighted by Crippen LogP contribution is -2.35. The van der Waals surface area contributed by atoms with Crippen LogP contribution in [0.3, 0.4) is 0 Å². The van der Waals surface area contributed by atoms with E-state index >= 15 is 0 Å². The highest BCUT2D eigenvalue weighted by Crippen LogP contribution is 2.36. The number of para-hydroxylation sites is 1. The molecular weight excluding hydrogens is 292 g/mol. The Morgan fingerprint density at radius 1 is 1.38 bits per heavy atom. The third kappa shape index (κ3) is 2.09. The van der Waals surface area contributed by atoms with Crippen molar-refractivity contribution in [3.05, 3.63) is 47.8 Å². The summed E-state index contributed by atoms with van der Waals surface area (Å²) in [5.74, 6) is -1.19. The Kier molecular flexibility index (Phi) is 3.02. The highest BCUT2D eigenvalue weighted by atomic mass is 32.2. The molecule has 7 heteroatoms. The third-order valence-electron chi connectivity index (χ3n) is 3.59. The average Bonchev–Trinajstić information content (AvgIpc) is 3.02. The number of aromatic carboxylic acids is 1. The molecule has 1 aliphatic heterocycles. The standard InChI is InChI=1S/C14H14N2O4S/c1-9-6-10-4-2-3-5-13(10)16(9)21(19,20)11-7-12(14(17)18)15-8-11/h2-5,7-9,15H,6H2,1H3,(H,17,18)/t9-/m0/s1. The maximum Gasteiger partial charge on any atom is 0.352 e. The van der Waals surface area contributed by atoms with Gasteiger partial charge in [0.05, 0.1) is 5.69 Å². The molecule has 3 rings (SSSR count). The van der Waals surface area contributed by atoms with E-state index in [0.29, 0.717) is 12.1 Å². The van der Waals surface area contributed by atoms with Crippen LogP contribution in [0, 0.1) is 0 Å². The zero-order chi connectivity index (χ0) is 15.2. The summed E-state index contributed by atoms with van der Waals surface area (Å²) in [5.41, 5.74) is 1.49. The maximum absolute atomic E-state index is 12.8. The number of carboxylic acids is 1. The van der Waals surface area contributed by atoms with Crippen LogP contribution in [0.5, 0.6) is 0 Å². The van der Waals surface area contributed by atoms with Gasteiger partial charge in [0.1, 0.15) is 10.6 Å². The Balaban J connectivity index is 2.08. The third-order valence-corrected chi connectivity index (χ3v) is 5.49. The van der Waals surface area contributed by atoms with Gasteiger partial charge in [0.25, 0.3) is 10.0 Å². The summed E-state index contributed by atoms with van der Waals surface area (Å²) in [6.07, 6.45) is 1.86. The van der Waals surface area contributed by atoms with E-state index in [-0.39, 0.29) is 16.6 Å². The van der Waals surface area contributed by atoms with Crippen LogP contribution >= 0.6 is 0 Å². The lowest BCUT2D eigenvalue weighted by Gasteiger charge is -2.23. The van der Waals surface area contributed by atoms with Crippen LogP contribution in [-0.2, 0) is 16.4 Å². The molecular formula is C14H14N2O4S.